The number of ether oxygens (including phenoxy) is 4. The Kier molecular flexibility index (Phi) is 3.01. The number of hydrogen-bond acceptors (Lipinski definition) is 5. The van der Waals surface area contributed by atoms with E-state index in [2.05, 4.69) is 0 Å². The smallest absolute Gasteiger partial charge is 0.254 e. The first kappa shape index (κ1) is 12.9. The number of hydrogen-bond donors (Lipinski definition) is 0. The lowest BCUT2D eigenvalue weighted by Crippen LogP contribution is -2.51. The van der Waals surface area contributed by atoms with Gasteiger partial charge < -0.3 is 23.8 Å². The molecule has 0 bridgehead atoms. The van der Waals surface area contributed by atoms with Crippen LogP contribution in [0.25, 0.3) is 0 Å². The molecule has 0 unspecified atom stereocenters. The fraction of sp³-hybridized carbons (Fsp3) is 0.533. The van der Waals surface area contributed by atoms with E-state index < -0.39 is 5.79 Å². The molecule has 3 aliphatic rings. The summed E-state index contributed by atoms with van der Waals surface area (Å²) in [5, 5.41) is 0. The van der Waals surface area contributed by atoms with Crippen molar-refractivity contribution in [1.29, 1.82) is 0 Å². The van der Waals surface area contributed by atoms with Gasteiger partial charge in [-0.05, 0) is 24.6 Å². The first-order valence-electron chi connectivity index (χ1n) is 7.23. The third-order valence-corrected chi connectivity index (χ3v) is 4.14. The van der Waals surface area contributed by atoms with Crippen molar-refractivity contribution in [3.05, 3.63) is 23.8 Å². The van der Waals surface area contributed by atoms with Gasteiger partial charge in [0.15, 0.2) is 17.3 Å². The molecule has 1 spiro atoms. The molecule has 112 valence electrons. The second-order valence-electron chi connectivity index (χ2n) is 5.51. The standard InChI is InChI=1S/C15H17NO5/c17-14(11-2-3-12-13(8-11)19-10-18-12)16-5-1-4-15(9-16)20-6-7-21-15/h2-3,8H,1,4-7,9-10H2. The molecule has 0 N–H and O–H groups in total. The first-order chi connectivity index (χ1) is 10.3. The van der Waals surface area contributed by atoms with Gasteiger partial charge in [-0.3, -0.25) is 4.79 Å². The Morgan fingerprint density at radius 3 is 2.81 bits per heavy atom. The Bertz CT molecular complexity index is 567. The van der Waals surface area contributed by atoms with Gasteiger partial charge in [-0.2, -0.15) is 0 Å². The van der Waals surface area contributed by atoms with Gasteiger partial charge in [0.1, 0.15) is 0 Å². The Labute approximate surface area is 122 Å². The lowest BCUT2D eigenvalue weighted by molar-refractivity contribution is -0.183. The highest BCUT2D eigenvalue weighted by Crippen LogP contribution is 2.34. The highest BCUT2D eigenvalue weighted by Gasteiger charge is 2.42. The van der Waals surface area contributed by atoms with Gasteiger partial charge in [0.2, 0.25) is 6.79 Å². The predicted octanol–water partition coefficient (Wildman–Crippen LogP) is 1.39. The summed E-state index contributed by atoms with van der Waals surface area (Å²) in [5.41, 5.74) is 0.606. The summed E-state index contributed by atoms with van der Waals surface area (Å²) >= 11 is 0. The van der Waals surface area contributed by atoms with E-state index in [4.69, 9.17) is 18.9 Å². The van der Waals surface area contributed by atoms with Crippen LogP contribution in [0.15, 0.2) is 18.2 Å². The van der Waals surface area contributed by atoms with Crippen LogP contribution in [0.1, 0.15) is 23.2 Å². The highest BCUT2D eigenvalue weighted by atomic mass is 16.7. The maximum absolute atomic E-state index is 12.7. The second-order valence-corrected chi connectivity index (χ2v) is 5.51. The minimum atomic E-state index is -0.593. The largest absolute Gasteiger partial charge is 0.454 e. The zero-order chi connectivity index (χ0) is 14.3. The van der Waals surface area contributed by atoms with E-state index in [9.17, 15) is 4.79 Å². The van der Waals surface area contributed by atoms with Gasteiger partial charge in [-0.15, -0.1) is 0 Å². The minimum Gasteiger partial charge on any atom is -0.454 e. The lowest BCUT2D eigenvalue weighted by atomic mass is 10.0. The van der Waals surface area contributed by atoms with E-state index in [1.165, 1.54) is 0 Å². The van der Waals surface area contributed by atoms with Crippen LogP contribution in [0.5, 0.6) is 11.5 Å². The average molecular weight is 291 g/mol. The molecule has 2 fully saturated rings. The fourth-order valence-electron chi connectivity index (χ4n) is 3.11. The molecule has 0 radical (unpaired) electrons. The number of benzene rings is 1. The summed E-state index contributed by atoms with van der Waals surface area (Å²) in [6.45, 7) is 2.63. The summed E-state index contributed by atoms with van der Waals surface area (Å²) in [7, 11) is 0. The zero-order valence-electron chi connectivity index (χ0n) is 11.7. The SMILES string of the molecule is O=C(c1ccc2c(c1)OCO2)N1CCCC2(C1)OCCO2. The Morgan fingerprint density at radius 1 is 1.14 bits per heavy atom. The van der Waals surface area contributed by atoms with Crippen LogP contribution >= 0.6 is 0 Å². The summed E-state index contributed by atoms with van der Waals surface area (Å²) in [4.78, 5) is 14.5. The van der Waals surface area contributed by atoms with Gasteiger partial charge in [-0.1, -0.05) is 0 Å². The molecule has 6 heteroatoms. The van der Waals surface area contributed by atoms with Crippen molar-refractivity contribution >= 4 is 5.91 Å². The van der Waals surface area contributed by atoms with Crippen molar-refractivity contribution < 1.29 is 23.7 Å². The van der Waals surface area contributed by atoms with Gasteiger partial charge in [0.25, 0.3) is 5.91 Å². The Hall–Kier alpha value is -1.79. The summed E-state index contributed by atoms with van der Waals surface area (Å²) in [6.07, 6.45) is 1.73. The van der Waals surface area contributed by atoms with Crippen LogP contribution < -0.4 is 9.47 Å². The molecule has 1 aromatic rings. The number of carbonyl (C=O) groups is 1. The molecule has 1 aromatic carbocycles. The molecule has 21 heavy (non-hydrogen) atoms. The van der Waals surface area contributed by atoms with Crippen LogP contribution in [-0.4, -0.2) is 49.7 Å². The second kappa shape index (κ2) is 4.89. The Balaban J connectivity index is 1.54. The summed E-state index contributed by atoms with van der Waals surface area (Å²) in [6, 6.07) is 5.29. The van der Waals surface area contributed by atoms with E-state index in [1.807, 2.05) is 0 Å². The number of likely N-dealkylation sites (tertiary alicyclic amines) is 1. The van der Waals surface area contributed by atoms with Crippen LogP contribution in [0.3, 0.4) is 0 Å². The maximum Gasteiger partial charge on any atom is 0.254 e. The number of carbonyl (C=O) groups excluding carboxylic acids is 1. The van der Waals surface area contributed by atoms with Crippen molar-refractivity contribution in [1.82, 2.24) is 4.90 Å². The molecule has 6 nitrogen and oxygen atoms in total. The molecular formula is C15H17NO5. The van der Waals surface area contributed by atoms with E-state index in [0.29, 0.717) is 36.8 Å². The molecule has 4 rings (SSSR count). The third kappa shape index (κ3) is 2.24. The molecule has 0 saturated carbocycles. The molecule has 3 aliphatic heterocycles. The minimum absolute atomic E-state index is 0.0218. The van der Waals surface area contributed by atoms with Crippen LogP contribution in [0.4, 0.5) is 0 Å². The van der Waals surface area contributed by atoms with Crippen molar-refractivity contribution in [3.8, 4) is 11.5 Å². The molecule has 1 amide bonds. The quantitative estimate of drug-likeness (QED) is 0.782. The third-order valence-electron chi connectivity index (χ3n) is 4.14. The number of fused-ring (bicyclic) bond motifs is 1. The van der Waals surface area contributed by atoms with Gasteiger partial charge >= 0.3 is 0 Å². The summed E-state index contributed by atoms with van der Waals surface area (Å²) in [5.74, 6) is 0.695. The van der Waals surface area contributed by atoms with Crippen LogP contribution in [-0.2, 0) is 9.47 Å². The van der Waals surface area contributed by atoms with Crippen molar-refractivity contribution in [2.24, 2.45) is 0 Å². The number of piperidine rings is 1. The molecule has 3 heterocycles. The predicted molar refractivity (Wildman–Crippen MR) is 72.3 cm³/mol. The molecular weight excluding hydrogens is 274 g/mol. The van der Waals surface area contributed by atoms with Crippen LogP contribution in [0, 0.1) is 0 Å². The lowest BCUT2D eigenvalue weighted by Gasteiger charge is -2.38. The van der Waals surface area contributed by atoms with E-state index in [-0.39, 0.29) is 12.7 Å². The van der Waals surface area contributed by atoms with Crippen LogP contribution in [0.2, 0.25) is 0 Å². The van der Waals surface area contributed by atoms with Crippen molar-refractivity contribution in [2.45, 2.75) is 18.6 Å². The highest BCUT2D eigenvalue weighted by molar-refractivity contribution is 5.95. The molecule has 0 atom stereocenters. The van der Waals surface area contributed by atoms with Crippen molar-refractivity contribution in [3.63, 3.8) is 0 Å². The maximum atomic E-state index is 12.7. The van der Waals surface area contributed by atoms with Gasteiger partial charge in [0, 0.05) is 18.5 Å². The number of nitrogens with zero attached hydrogens (tertiary/aromatic N) is 1. The average Bonchev–Trinajstić information content (AvgIpc) is 3.15. The normalized spacial score (nSPS) is 22.8. The zero-order valence-corrected chi connectivity index (χ0v) is 11.7. The van der Waals surface area contributed by atoms with E-state index in [0.717, 1.165) is 19.4 Å². The molecule has 2 saturated heterocycles. The van der Waals surface area contributed by atoms with E-state index in [1.54, 1.807) is 23.1 Å². The number of amides is 1. The number of rotatable bonds is 1. The van der Waals surface area contributed by atoms with Gasteiger partial charge in [0.05, 0.1) is 19.8 Å². The van der Waals surface area contributed by atoms with Crippen molar-refractivity contribution in [2.75, 3.05) is 33.1 Å². The molecule has 0 aromatic heterocycles. The fourth-order valence-corrected chi connectivity index (χ4v) is 3.11. The molecule has 0 aliphatic carbocycles. The summed E-state index contributed by atoms with van der Waals surface area (Å²) < 4.78 is 22.0. The monoisotopic (exact) mass is 291 g/mol. The van der Waals surface area contributed by atoms with E-state index >= 15 is 0 Å². The first-order valence-corrected chi connectivity index (χ1v) is 7.23. The van der Waals surface area contributed by atoms with Gasteiger partial charge in [-0.25, -0.2) is 0 Å². The Morgan fingerprint density at radius 2 is 1.95 bits per heavy atom. The topological polar surface area (TPSA) is 57.2 Å².